The quantitative estimate of drug-likeness (QED) is 0.806. The van der Waals surface area contributed by atoms with Crippen molar-refractivity contribution >= 4 is 16.6 Å². The van der Waals surface area contributed by atoms with E-state index in [0.717, 1.165) is 44.7 Å². The van der Waals surface area contributed by atoms with Gasteiger partial charge in [-0.15, -0.1) is 0 Å². The summed E-state index contributed by atoms with van der Waals surface area (Å²) in [6, 6.07) is 8.61. The standard InChI is InChI=1S/C17H20N2O2/c1-13-11-14-3-2-4-15(16(14)18-12-13)19-7-5-17(6-8-19)20-9-10-21-17/h2-4,11-12H,5-10H2,1H3. The van der Waals surface area contributed by atoms with Crippen LogP contribution in [0, 0.1) is 6.92 Å². The Bertz CT molecular complexity index is 655. The summed E-state index contributed by atoms with van der Waals surface area (Å²) in [6.07, 6.45) is 3.80. The number of benzene rings is 1. The molecular weight excluding hydrogens is 264 g/mol. The number of aryl methyl sites for hydroxylation is 1. The van der Waals surface area contributed by atoms with Gasteiger partial charge in [0.1, 0.15) is 0 Å². The Balaban J connectivity index is 1.62. The number of rotatable bonds is 1. The van der Waals surface area contributed by atoms with Crippen molar-refractivity contribution in [3.05, 3.63) is 36.0 Å². The van der Waals surface area contributed by atoms with Gasteiger partial charge in [-0.3, -0.25) is 4.98 Å². The third kappa shape index (κ3) is 2.28. The van der Waals surface area contributed by atoms with Crippen molar-refractivity contribution in [3.8, 4) is 0 Å². The Morgan fingerprint density at radius 3 is 2.67 bits per heavy atom. The lowest BCUT2D eigenvalue weighted by atomic mass is 10.0. The molecule has 110 valence electrons. The van der Waals surface area contributed by atoms with Crippen LogP contribution >= 0.6 is 0 Å². The Hall–Kier alpha value is -1.65. The maximum Gasteiger partial charge on any atom is 0.171 e. The number of hydrogen-bond acceptors (Lipinski definition) is 4. The maximum absolute atomic E-state index is 5.80. The molecule has 1 aromatic heterocycles. The molecule has 0 bridgehead atoms. The summed E-state index contributed by atoms with van der Waals surface area (Å²) in [5.41, 5.74) is 3.51. The number of pyridine rings is 1. The first kappa shape index (κ1) is 13.0. The second-order valence-corrected chi connectivity index (χ2v) is 5.96. The van der Waals surface area contributed by atoms with Gasteiger partial charge < -0.3 is 14.4 Å². The topological polar surface area (TPSA) is 34.6 Å². The summed E-state index contributed by atoms with van der Waals surface area (Å²) in [7, 11) is 0. The van der Waals surface area contributed by atoms with E-state index in [4.69, 9.17) is 9.47 Å². The van der Waals surface area contributed by atoms with Crippen LogP contribution in [0.4, 0.5) is 5.69 Å². The Morgan fingerprint density at radius 1 is 1.14 bits per heavy atom. The molecule has 1 aromatic carbocycles. The van der Waals surface area contributed by atoms with Gasteiger partial charge in [0, 0.05) is 37.5 Å². The summed E-state index contributed by atoms with van der Waals surface area (Å²) >= 11 is 0. The van der Waals surface area contributed by atoms with E-state index in [1.807, 2.05) is 6.20 Å². The van der Waals surface area contributed by atoms with Crippen LogP contribution in [0.25, 0.3) is 10.9 Å². The van der Waals surface area contributed by atoms with Crippen LogP contribution in [0.3, 0.4) is 0 Å². The Morgan fingerprint density at radius 2 is 1.90 bits per heavy atom. The van der Waals surface area contributed by atoms with Crippen LogP contribution in [-0.2, 0) is 9.47 Å². The molecule has 0 N–H and O–H groups in total. The first-order valence-electron chi connectivity index (χ1n) is 7.64. The molecule has 2 saturated heterocycles. The van der Waals surface area contributed by atoms with Gasteiger partial charge >= 0.3 is 0 Å². The number of hydrogen-bond donors (Lipinski definition) is 0. The Labute approximate surface area is 124 Å². The molecular formula is C17H20N2O2. The van der Waals surface area contributed by atoms with Crippen LogP contribution in [0.2, 0.25) is 0 Å². The molecule has 21 heavy (non-hydrogen) atoms. The highest BCUT2D eigenvalue weighted by Gasteiger charge is 2.40. The van der Waals surface area contributed by atoms with E-state index in [2.05, 4.69) is 41.1 Å². The lowest BCUT2D eigenvalue weighted by molar-refractivity contribution is -0.169. The molecule has 2 fully saturated rings. The average molecular weight is 284 g/mol. The highest BCUT2D eigenvalue weighted by molar-refractivity contribution is 5.91. The predicted molar refractivity (Wildman–Crippen MR) is 82.6 cm³/mol. The maximum atomic E-state index is 5.80. The van der Waals surface area contributed by atoms with Gasteiger partial charge in [-0.1, -0.05) is 12.1 Å². The van der Waals surface area contributed by atoms with Crippen molar-refractivity contribution in [2.75, 3.05) is 31.2 Å². The first-order valence-corrected chi connectivity index (χ1v) is 7.64. The number of aromatic nitrogens is 1. The van der Waals surface area contributed by atoms with Crippen molar-refractivity contribution in [3.63, 3.8) is 0 Å². The second kappa shape index (κ2) is 4.97. The fourth-order valence-corrected chi connectivity index (χ4v) is 3.38. The smallest absolute Gasteiger partial charge is 0.171 e. The molecule has 0 radical (unpaired) electrons. The minimum absolute atomic E-state index is 0.314. The largest absolute Gasteiger partial charge is 0.369 e. The van der Waals surface area contributed by atoms with Gasteiger partial charge in [0.2, 0.25) is 0 Å². The molecule has 4 nitrogen and oxygen atoms in total. The van der Waals surface area contributed by atoms with Crippen LogP contribution in [0.5, 0.6) is 0 Å². The molecule has 4 heteroatoms. The van der Waals surface area contributed by atoms with E-state index in [1.165, 1.54) is 16.6 Å². The van der Waals surface area contributed by atoms with E-state index in [9.17, 15) is 0 Å². The number of piperidine rings is 1. The van der Waals surface area contributed by atoms with Crippen molar-refractivity contribution in [2.24, 2.45) is 0 Å². The third-order valence-corrected chi connectivity index (χ3v) is 4.51. The number of nitrogens with zero attached hydrogens (tertiary/aromatic N) is 2. The summed E-state index contributed by atoms with van der Waals surface area (Å²) in [5, 5.41) is 1.21. The molecule has 1 spiro atoms. The molecule has 0 aliphatic carbocycles. The summed E-state index contributed by atoms with van der Waals surface area (Å²) < 4.78 is 11.6. The lowest BCUT2D eigenvalue weighted by Crippen LogP contribution is -2.45. The summed E-state index contributed by atoms with van der Waals surface area (Å²) in [6.45, 7) is 5.45. The van der Waals surface area contributed by atoms with Gasteiger partial charge in [-0.2, -0.15) is 0 Å². The summed E-state index contributed by atoms with van der Waals surface area (Å²) in [4.78, 5) is 7.04. The van der Waals surface area contributed by atoms with E-state index in [0.29, 0.717) is 0 Å². The van der Waals surface area contributed by atoms with Gasteiger partial charge in [-0.05, 0) is 24.6 Å². The highest BCUT2D eigenvalue weighted by Crippen LogP contribution is 2.35. The van der Waals surface area contributed by atoms with Gasteiger partial charge in [0.25, 0.3) is 0 Å². The van der Waals surface area contributed by atoms with E-state index in [1.54, 1.807) is 0 Å². The number of para-hydroxylation sites is 1. The second-order valence-electron chi connectivity index (χ2n) is 5.96. The fraction of sp³-hybridized carbons (Fsp3) is 0.471. The molecule has 2 aliphatic heterocycles. The first-order chi connectivity index (χ1) is 10.3. The summed E-state index contributed by atoms with van der Waals surface area (Å²) in [5.74, 6) is -0.314. The van der Waals surface area contributed by atoms with Crippen LogP contribution in [0.1, 0.15) is 18.4 Å². The van der Waals surface area contributed by atoms with Crippen molar-refractivity contribution < 1.29 is 9.47 Å². The molecule has 2 aliphatic rings. The van der Waals surface area contributed by atoms with E-state index >= 15 is 0 Å². The van der Waals surface area contributed by atoms with Crippen LogP contribution in [-0.4, -0.2) is 37.1 Å². The van der Waals surface area contributed by atoms with E-state index < -0.39 is 0 Å². The average Bonchev–Trinajstić information content (AvgIpc) is 2.95. The minimum atomic E-state index is -0.314. The van der Waals surface area contributed by atoms with Crippen molar-refractivity contribution in [1.29, 1.82) is 0 Å². The number of fused-ring (bicyclic) bond motifs is 1. The van der Waals surface area contributed by atoms with Gasteiger partial charge in [-0.25, -0.2) is 0 Å². The lowest BCUT2D eigenvalue weighted by Gasteiger charge is -2.38. The molecule has 3 heterocycles. The molecule has 0 unspecified atom stereocenters. The van der Waals surface area contributed by atoms with Crippen LogP contribution < -0.4 is 4.90 Å². The minimum Gasteiger partial charge on any atom is -0.369 e. The number of ether oxygens (including phenoxy) is 2. The van der Waals surface area contributed by atoms with Gasteiger partial charge in [0.15, 0.2) is 5.79 Å². The van der Waals surface area contributed by atoms with Gasteiger partial charge in [0.05, 0.1) is 24.4 Å². The van der Waals surface area contributed by atoms with Crippen molar-refractivity contribution in [1.82, 2.24) is 4.98 Å². The van der Waals surface area contributed by atoms with Crippen molar-refractivity contribution in [2.45, 2.75) is 25.6 Å². The Kier molecular flexibility index (Phi) is 3.08. The number of anilines is 1. The zero-order valence-electron chi connectivity index (χ0n) is 12.3. The molecule has 4 rings (SSSR count). The SMILES string of the molecule is Cc1cnc2c(N3CCC4(CC3)OCCO4)cccc2c1. The highest BCUT2D eigenvalue weighted by atomic mass is 16.7. The van der Waals surface area contributed by atoms with Crippen LogP contribution in [0.15, 0.2) is 30.5 Å². The predicted octanol–water partition coefficient (Wildman–Crippen LogP) is 2.89. The monoisotopic (exact) mass is 284 g/mol. The molecule has 0 amide bonds. The van der Waals surface area contributed by atoms with E-state index in [-0.39, 0.29) is 5.79 Å². The normalized spacial score (nSPS) is 21.3. The zero-order chi connectivity index (χ0) is 14.3. The fourth-order valence-electron chi connectivity index (χ4n) is 3.38. The third-order valence-electron chi connectivity index (χ3n) is 4.51. The molecule has 0 atom stereocenters. The molecule has 2 aromatic rings. The zero-order valence-corrected chi connectivity index (χ0v) is 12.3. The molecule has 0 saturated carbocycles.